The first-order valence-electron chi connectivity index (χ1n) is 9.23. The van der Waals surface area contributed by atoms with Crippen LogP contribution >= 0.6 is 0 Å². The molecule has 1 heterocycles. The van der Waals surface area contributed by atoms with Gasteiger partial charge in [0.2, 0.25) is 11.7 Å². The minimum atomic E-state index is 0.538. The van der Waals surface area contributed by atoms with Crippen molar-refractivity contribution in [3.63, 3.8) is 0 Å². The number of methoxy groups -OCH3 is 3. The van der Waals surface area contributed by atoms with Crippen molar-refractivity contribution in [2.45, 2.75) is 33.6 Å². The first-order chi connectivity index (χ1) is 13.1. The summed E-state index contributed by atoms with van der Waals surface area (Å²) in [4.78, 5) is 11.5. The number of benzene rings is 1. The topological polar surface area (TPSA) is 68.7 Å². The lowest BCUT2D eigenvalue weighted by molar-refractivity contribution is 0.324. The molecule has 148 valence electrons. The minimum absolute atomic E-state index is 0.538. The second-order valence-electron chi connectivity index (χ2n) is 6.22. The Hall–Kier alpha value is -2.70. The SMILES string of the molecule is CCCN(CCC)c1cc(C)nc(Nc2cc(OC)c(OC)c(OC)c2)n1. The van der Waals surface area contributed by atoms with Gasteiger partial charge in [-0.25, -0.2) is 4.98 Å². The summed E-state index contributed by atoms with van der Waals surface area (Å²) in [5, 5.41) is 3.26. The molecule has 7 nitrogen and oxygen atoms in total. The van der Waals surface area contributed by atoms with E-state index in [-0.39, 0.29) is 0 Å². The highest BCUT2D eigenvalue weighted by molar-refractivity contribution is 5.66. The molecule has 0 fully saturated rings. The highest BCUT2D eigenvalue weighted by atomic mass is 16.5. The number of nitrogens with zero attached hydrogens (tertiary/aromatic N) is 3. The van der Waals surface area contributed by atoms with Crippen molar-refractivity contribution >= 4 is 17.5 Å². The van der Waals surface area contributed by atoms with Gasteiger partial charge in [0, 0.05) is 42.7 Å². The number of aromatic nitrogens is 2. The number of hydrogen-bond donors (Lipinski definition) is 1. The van der Waals surface area contributed by atoms with E-state index in [1.54, 1.807) is 21.3 Å². The summed E-state index contributed by atoms with van der Waals surface area (Å²) in [5.74, 6) is 3.17. The smallest absolute Gasteiger partial charge is 0.229 e. The van der Waals surface area contributed by atoms with E-state index in [0.29, 0.717) is 23.2 Å². The Morgan fingerprint density at radius 1 is 0.889 bits per heavy atom. The third-order valence-corrected chi connectivity index (χ3v) is 4.07. The Bertz CT molecular complexity index is 721. The van der Waals surface area contributed by atoms with Crippen molar-refractivity contribution in [1.29, 1.82) is 0 Å². The Balaban J connectivity index is 2.37. The third kappa shape index (κ3) is 5.15. The normalized spacial score (nSPS) is 10.4. The maximum absolute atomic E-state index is 5.41. The summed E-state index contributed by atoms with van der Waals surface area (Å²) in [5.41, 5.74) is 1.67. The van der Waals surface area contributed by atoms with Gasteiger partial charge in [0.05, 0.1) is 21.3 Å². The maximum atomic E-state index is 5.41. The van der Waals surface area contributed by atoms with E-state index in [9.17, 15) is 0 Å². The fraction of sp³-hybridized carbons (Fsp3) is 0.500. The first-order valence-corrected chi connectivity index (χ1v) is 9.23. The molecule has 0 aliphatic carbocycles. The maximum Gasteiger partial charge on any atom is 0.229 e. The van der Waals surface area contributed by atoms with Crippen molar-refractivity contribution in [2.75, 3.05) is 44.6 Å². The van der Waals surface area contributed by atoms with Gasteiger partial charge in [-0.05, 0) is 19.8 Å². The predicted octanol–water partition coefficient (Wildman–Crippen LogP) is 4.18. The van der Waals surface area contributed by atoms with Gasteiger partial charge in [0.1, 0.15) is 5.82 Å². The zero-order valence-corrected chi connectivity index (χ0v) is 17.1. The summed E-state index contributed by atoms with van der Waals surface area (Å²) >= 11 is 0. The molecule has 2 rings (SSSR count). The molecule has 0 atom stereocenters. The summed E-state index contributed by atoms with van der Waals surface area (Å²) < 4.78 is 16.2. The second-order valence-corrected chi connectivity index (χ2v) is 6.22. The van der Waals surface area contributed by atoms with E-state index in [0.717, 1.165) is 43.1 Å². The molecule has 0 unspecified atom stereocenters. The predicted molar refractivity (Wildman–Crippen MR) is 109 cm³/mol. The highest BCUT2D eigenvalue weighted by Crippen LogP contribution is 2.40. The zero-order chi connectivity index (χ0) is 19.8. The standard InChI is InChI=1S/C20H30N4O3/c1-7-9-24(10-8-2)18-11-14(3)21-20(23-18)22-15-12-16(25-4)19(27-6)17(13-15)26-5/h11-13H,7-10H2,1-6H3,(H,21,22,23). The van der Waals surface area contributed by atoms with Crippen LogP contribution in [0.15, 0.2) is 18.2 Å². The number of nitrogens with one attached hydrogen (secondary N) is 1. The van der Waals surface area contributed by atoms with E-state index in [2.05, 4.69) is 29.0 Å². The molecule has 1 aromatic heterocycles. The number of hydrogen-bond acceptors (Lipinski definition) is 7. The van der Waals surface area contributed by atoms with Crippen LogP contribution < -0.4 is 24.4 Å². The monoisotopic (exact) mass is 374 g/mol. The van der Waals surface area contributed by atoms with Gasteiger partial charge in [-0.15, -0.1) is 0 Å². The molecule has 0 aliphatic heterocycles. The lowest BCUT2D eigenvalue weighted by atomic mass is 10.2. The molecule has 0 radical (unpaired) electrons. The molecule has 0 spiro atoms. The molecule has 2 aromatic rings. The van der Waals surface area contributed by atoms with Crippen molar-refractivity contribution in [1.82, 2.24) is 9.97 Å². The van der Waals surface area contributed by atoms with Crippen LogP contribution in [0, 0.1) is 6.92 Å². The zero-order valence-electron chi connectivity index (χ0n) is 17.1. The third-order valence-electron chi connectivity index (χ3n) is 4.07. The molecule has 1 N–H and O–H groups in total. The molecular weight excluding hydrogens is 344 g/mol. The summed E-state index contributed by atoms with van der Waals surface area (Å²) in [6.07, 6.45) is 2.14. The van der Waals surface area contributed by atoms with E-state index in [4.69, 9.17) is 19.2 Å². The molecular formula is C20H30N4O3. The minimum Gasteiger partial charge on any atom is -0.493 e. The number of ether oxygens (including phenoxy) is 3. The molecule has 0 aliphatic rings. The van der Waals surface area contributed by atoms with E-state index in [1.165, 1.54) is 0 Å². The van der Waals surface area contributed by atoms with Crippen LogP contribution in [0.1, 0.15) is 32.4 Å². The van der Waals surface area contributed by atoms with E-state index >= 15 is 0 Å². The van der Waals surface area contributed by atoms with Crippen LogP contribution in [-0.4, -0.2) is 44.4 Å². The van der Waals surface area contributed by atoms with Crippen LogP contribution in [-0.2, 0) is 0 Å². The van der Waals surface area contributed by atoms with Crippen LogP contribution in [0.4, 0.5) is 17.5 Å². The van der Waals surface area contributed by atoms with Gasteiger partial charge in [0.25, 0.3) is 0 Å². The average molecular weight is 374 g/mol. The first kappa shape index (κ1) is 20.6. The summed E-state index contributed by atoms with van der Waals surface area (Å²) in [6.45, 7) is 8.25. The van der Waals surface area contributed by atoms with E-state index < -0.39 is 0 Å². The lowest BCUT2D eigenvalue weighted by Crippen LogP contribution is -2.26. The van der Waals surface area contributed by atoms with E-state index in [1.807, 2.05) is 25.1 Å². The van der Waals surface area contributed by atoms with Crippen molar-refractivity contribution in [3.8, 4) is 17.2 Å². The summed E-state index contributed by atoms with van der Waals surface area (Å²) in [7, 11) is 4.77. The Kier molecular flexibility index (Phi) is 7.52. The van der Waals surface area contributed by atoms with Crippen molar-refractivity contribution < 1.29 is 14.2 Å². The number of rotatable bonds is 10. The fourth-order valence-corrected chi connectivity index (χ4v) is 2.93. The molecule has 1 aromatic carbocycles. The van der Waals surface area contributed by atoms with Crippen molar-refractivity contribution in [3.05, 3.63) is 23.9 Å². The van der Waals surface area contributed by atoms with Crippen LogP contribution in [0.25, 0.3) is 0 Å². The van der Waals surface area contributed by atoms with Gasteiger partial charge in [-0.2, -0.15) is 4.98 Å². The van der Waals surface area contributed by atoms with Crippen LogP contribution in [0.3, 0.4) is 0 Å². The Morgan fingerprint density at radius 3 is 1.96 bits per heavy atom. The van der Waals surface area contributed by atoms with Crippen LogP contribution in [0.2, 0.25) is 0 Å². The Morgan fingerprint density at radius 2 is 1.48 bits per heavy atom. The number of anilines is 3. The van der Waals surface area contributed by atoms with Crippen molar-refractivity contribution in [2.24, 2.45) is 0 Å². The second kappa shape index (κ2) is 9.85. The molecule has 0 saturated carbocycles. The molecule has 0 amide bonds. The van der Waals surface area contributed by atoms with Crippen LogP contribution in [0.5, 0.6) is 17.2 Å². The lowest BCUT2D eigenvalue weighted by Gasteiger charge is -2.23. The summed E-state index contributed by atoms with van der Waals surface area (Å²) in [6, 6.07) is 5.69. The molecule has 0 saturated heterocycles. The molecule has 0 bridgehead atoms. The number of aryl methyl sites for hydroxylation is 1. The van der Waals surface area contributed by atoms with Gasteiger partial charge in [-0.1, -0.05) is 13.8 Å². The van der Waals surface area contributed by atoms with Gasteiger partial charge in [0.15, 0.2) is 11.5 Å². The highest BCUT2D eigenvalue weighted by Gasteiger charge is 2.15. The van der Waals surface area contributed by atoms with Gasteiger partial charge < -0.3 is 24.4 Å². The molecule has 7 heteroatoms. The average Bonchev–Trinajstić information content (AvgIpc) is 2.66. The molecule has 27 heavy (non-hydrogen) atoms. The van der Waals surface area contributed by atoms with Gasteiger partial charge >= 0.3 is 0 Å². The fourth-order valence-electron chi connectivity index (χ4n) is 2.93. The Labute approximate surface area is 161 Å². The quantitative estimate of drug-likeness (QED) is 0.669. The van der Waals surface area contributed by atoms with Gasteiger partial charge in [-0.3, -0.25) is 0 Å². The largest absolute Gasteiger partial charge is 0.493 e.